The number of ether oxygens (including phenoxy) is 1. The van der Waals surface area contributed by atoms with Crippen LogP contribution in [-0.4, -0.2) is 39.3 Å². The van der Waals surface area contributed by atoms with Crippen molar-refractivity contribution in [2.75, 3.05) is 7.11 Å². The molecule has 1 amide bonds. The van der Waals surface area contributed by atoms with E-state index in [1.165, 1.54) is 49.9 Å². The number of methoxy groups -OCH3 is 1. The molecular weight excluding hydrogens is 303 g/mol. The fourth-order valence-electron chi connectivity index (χ4n) is 1.96. The van der Waals surface area contributed by atoms with Crippen molar-refractivity contribution in [3.8, 4) is 5.69 Å². The Morgan fingerprint density at radius 1 is 1.26 bits per heavy atom. The molecule has 0 atom stereocenters. The Morgan fingerprint density at radius 2 is 1.87 bits per heavy atom. The largest absolute Gasteiger partial charge is 0.467 e. The van der Waals surface area contributed by atoms with Gasteiger partial charge >= 0.3 is 5.97 Å². The average Bonchev–Trinajstić information content (AvgIpc) is 2.89. The number of carbonyl (C=O) groups is 2. The molecule has 0 unspecified atom stereocenters. The van der Waals surface area contributed by atoms with Gasteiger partial charge in [-0.15, -0.1) is 5.10 Å². The van der Waals surface area contributed by atoms with Gasteiger partial charge in [-0.1, -0.05) is 0 Å². The van der Waals surface area contributed by atoms with Crippen LogP contribution < -0.4 is 5.32 Å². The van der Waals surface area contributed by atoms with Crippen LogP contribution >= 0.6 is 0 Å². The highest BCUT2D eigenvalue weighted by molar-refractivity contribution is 5.95. The smallest absolute Gasteiger partial charge is 0.330 e. The minimum Gasteiger partial charge on any atom is -0.467 e. The molecule has 8 heteroatoms. The van der Waals surface area contributed by atoms with Crippen molar-refractivity contribution >= 4 is 11.9 Å². The Labute approximate surface area is 132 Å². The summed E-state index contributed by atoms with van der Waals surface area (Å²) in [5.74, 6) is -1.20. The van der Waals surface area contributed by atoms with Crippen molar-refractivity contribution in [1.82, 2.24) is 20.1 Å². The standard InChI is InChI=1S/C15H17FN4O3/c1-9-17-12(13(21)18-15(2,3)14(22)23-4)19-20(9)11-7-5-10(16)6-8-11/h5-8H,1-4H3,(H,18,21). The molecule has 1 heterocycles. The molecule has 0 radical (unpaired) electrons. The molecule has 7 nitrogen and oxygen atoms in total. The van der Waals surface area contributed by atoms with Crippen molar-refractivity contribution < 1.29 is 18.7 Å². The molecule has 1 aromatic heterocycles. The van der Waals surface area contributed by atoms with Gasteiger partial charge in [0.25, 0.3) is 5.91 Å². The number of halogens is 1. The maximum Gasteiger partial charge on any atom is 0.330 e. The lowest BCUT2D eigenvalue weighted by Crippen LogP contribution is -2.50. The molecule has 0 fully saturated rings. The van der Waals surface area contributed by atoms with Crippen LogP contribution in [0.3, 0.4) is 0 Å². The van der Waals surface area contributed by atoms with Crippen LogP contribution in [0, 0.1) is 12.7 Å². The highest BCUT2D eigenvalue weighted by Gasteiger charge is 2.32. The zero-order valence-corrected chi connectivity index (χ0v) is 13.3. The van der Waals surface area contributed by atoms with Crippen LogP contribution in [-0.2, 0) is 9.53 Å². The molecule has 2 aromatic rings. The van der Waals surface area contributed by atoms with Gasteiger partial charge in [-0.25, -0.2) is 18.9 Å². The fraction of sp³-hybridized carbons (Fsp3) is 0.333. The lowest BCUT2D eigenvalue weighted by molar-refractivity contribution is -0.146. The molecule has 0 aliphatic heterocycles. The molecule has 0 spiro atoms. The Kier molecular flexibility index (Phi) is 4.44. The molecule has 122 valence electrons. The van der Waals surface area contributed by atoms with Crippen molar-refractivity contribution in [2.45, 2.75) is 26.3 Å². The number of nitrogens with zero attached hydrogens (tertiary/aromatic N) is 3. The maximum absolute atomic E-state index is 13.0. The zero-order chi connectivity index (χ0) is 17.2. The number of amides is 1. The molecule has 0 aliphatic rings. The second kappa shape index (κ2) is 6.15. The lowest BCUT2D eigenvalue weighted by atomic mass is 10.1. The summed E-state index contributed by atoms with van der Waals surface area (Å²) in [6, 6.07) is 5.63. The summed E-state index contributed by atoms with van der Waals surface area (Å²) in [6.45, 7) is 4.69. The molecule has 23 heavy (non-hydrogen) atoms. The average molecular weight is 320 g/mol. The van der Waals surface area contributed by atoms with Gasteiger partial charge in [0.15, 0.2) is 0 Å². The number of nitrogens with one attached hydrogen (secondary N) is 1. The predicted molar refractivity (Wildman–Crippen MR) is 79.6 cm³/mol. The zero-order valence-electron chi connectivity index (χ0n) is 13.3. The summed E-state index contributed by atoms with van der Waals surface area (Å²) in [7, 11) is 1.24. The van der Waals surface area contributed by atoms with Crippen molar-refractivity contribution in [2.24, 2.45) is 0 Å². The van der Waals surface area contributed by atoms with Gasteiger partial charge in [-0.2, -0.15) is 0 Å². The van der Waals surface area contributed by atoms with E-state index < -0.39 is 17.4 Å². The second-order valence-electron chi connectivity index (χ2n) is 5.44. The minimum atomic E-state index is -1.21. The normalized spacial score (nSPS) is 11.2. The van der Waals surface area contributed by atoms with Gasteiger partial charge in [0.2, 0.25) is 5.82 Å². The quantitative estimate of drug-likeness (QED) is 0.861. The number of esters is 1. The molecule has 0 bridgehead atoms. The molecule has 0 aliphatic carbocycles. The molecule has 1 N–H and O–H groups in total. The highest BCUT2D eigenvalue weighted by Crippen LogP contribution is 2.12. The molecular formula is C15H17FN4O3. The van der Waals surface area contributed by atoms with E-state index in [0.717, 1.165) is 0 Å². The van der Waals surface area contributed by atoms with E-state index in [1.807, 2.05) is 0 Å². The van der Waals surface area contributed by atoms with Gasteiger partial charge in [-0.05, 0) is 45.0 Å². The Hall–Kier alpha value is -2.77. The van der Waals surface area contributed by atoms with E-state index in [1.54, 1.807) is 6.92 Å². The summed E-state index contributed by atoms with van der Waals surface area (Å²) < 4.78 is 19.0. The first-order valence-electron chi connectivity index (χ1n) is 6.85. The number of aromatic nitrogens is 3. The van der Waals surface area contributed by atoms with E-state index in [9.17, 15) is 14.0 Å². The predicted octanol–water partition coefficient (Wildman–Crippen LogP) is 1.40. The second-order valence-corrected chi connectivity index (χ2v) is 5.44. The van der Waals surface area contributed by atoms with Crippen LogP contribution in [0.15, 0.2) is 24.3 Å². The van der Waals surface area contributed by atoms with Crippen molar-refractivity contribution in [3.63, 3.8) is 0 Å². The molecule has 0 saturated carbocycles. The SMILES string of the molecule is COC(=O)C(C)(C)NC(=O)c1nc(C)n(-c2ccc(F)cc2)n1. The van der Waals surface area contributed by atoms with Crippen LogP contribution in [0.2, 0.25) is 0 Å². The van der Waals surface area contributed by atoms with Crippen molar-refractivity contribution in [3.05, 3.63) is 41.7 Å². The monoisotopic (exact) mass is 320 g/mol. The lowest BCUT2D eigenvalue weighted by Gasteiger charge is -2.22. The topological polar surface area (TPSA) is 86.1 Å². The van der Waals surface area contributed by atoms with Gasteiger partial charge in [0, 0.05) is 0 Å². The summed E-state index contributed by atoms with van der Waals surface area (Å²) in [4.78, 5) is 27.9. The fourth-order valence-corrected chi connectivity index (χ4v) is 1.96. The van der Waals surface area contributed by atoms with E-state index in [-0.39, 0.29) is 11.6 Å². The van der Waals surface area contributed by atoms with Crippen LogP contribution in [0.1, 0.15) is 30.3 Å². The summed E-state index contributed by atoms with van der Waals surface area (Å²) in [5.41, 5.74) is -0.635. The van der Waals surface area contributed by atoms with E-state index in [4.69, 9.17) is 0 Å². The Morgan fingerprint density at radius 3 is 2.43 bits per heavy atom. The van der Waals surface area contributed by atoms with Crippen LogP contribution in [0.25, 0.3) is 5.69 Å². The van der Waals surface area contributed by atoms with Crippen LogP contribution in [0.4, 0.5) is 4.39 Å². The third-order valence-electron chi connectivity index (χ3n) is 3.16. The third kappa shape index (κ3) is 3.53. The summed E-state index contributed by atoms with van der Waals surface area (Å²) in [6.07, 6.45) is 0. The van der Waals surface area contributed by atoms with E-state index in [2.05, 4.69) is 20.1 Å². The van der Waals surface area contributed by atoms with Gasteiger partial charge in [0.1, 0.15) is 17.2 Å². The Bertz CT molecular complexity index is 738. The van der Waals surface area contributed by atoms with Crippen LogP contribution in [0.5, 0.6) is 0 Å². The van der Waals surface area contributed by atoms with Gasteiger partial charge < -0.3 is 10.1 Å². The maximum atomic E-state index is 13.0. The summed E-state index contributed by atoms with van der Waals surface area (Å²) in [5, 5.41) is 6.61. The number of rotatable bonds is 4. The minimum absolute atomic E-state index is 0.0937. The number of benzene rings is 1. The number of aryl methyl sites for hydroxylation is 1. The first kappa shape index (κ1) is 16.6. The molecule has 2 rings (SSSR count). The first-order chi connectivity index (χ1) is 10.7. The molecule has 0 saturated heterocycles. The Balaban J connectivity index is 2.25. The molecule has 1 aromatic carbocycles. The number of hydrogen-bond acceptors (Lipinski definition) is 5. The number of hydrogen-bond donors (Lipinski definition) is 1. The van der Waals surface area contributed by atoms with Gasteiger partial charge in [-0.3, -0.25) is 4.79 Å². The first-order valence-corrected chi connectivity index (χ1v) is 6.85. The summed E-state index contributed by atoms with van der Waals surface area (Å²) >= 11 is 0. The van der Waals surface area contributed by atoms with E-state index in [0.29, 0.717) is 11.5 Å². The van der Waals surface area contributed by atoms with Gasteiger partial charge in [0.05, 0.1) is 12.8 Å². The van der Waals surface area contributed by atoms with E-state index >= 15 is 0 Å². The van der Waals surface area contributed by atoms with Crippen molar-refractivity contribution in [1.29, 1.82) is 0 Å². The third-order valence-corrected chi connectivity index (χ3v) is 3.16. The number of carbonyl (C=O) groups excluding carboxylic acids is 2. The highest BCUT2D eigenvalue weighted by atomic mass is 19.1.